The molecule has 3 nitrogen and oxygen atoms in total. The molecule has 1 aliphatic rings. The summed E-state index contributed by atoms with van der Waals surface area (Å²) in [4.78, 5) is 5.57. The summed E-state index contributed by atoms with van der Waals surface area (Å²) < 4.78 is 5.92. The van der Waals surface area contributed by atoms with Crippen molar-refractivity contribution in [3.8, 4) is 11.5 Å². The largest absolute Gasteiger partial charge is 0.457 e. The lowest BCUT2D eigenvalue weighted by Crippen LogP contribution is -2.12. The van der Waals surface area contributed by atoms with Gasteiger partial charge in [-0.15, -0.1) is 0 Å². The van der Waals surface area contributed by atoms with E-state index < -0.39 is 0 Å². The van der Waals surface area contributed by atoms with Gasteiger partial charge in [-0.3, -0.25) is 4.99 Å². The molecule has 4 rings (SSSR count). The van der Waals surface area contributed by atoms with Crippen LogP contribution in [0.4, 0.5) is 11.4 Å². The van der Waals surface area contributed by atoms with E-state index >= 15 is 0 Å². The normalized spacial score (nSPS) is 13.3. The molecule has 26 heavy (non-hydrogen) atoms. The zero-order chi connectivity index (χ0) is 17.9. The van der Waals surface area contributed by atoms with Crippen LogP contribution in [0.15, 0.2) is 77.8 Å². The fourth-order valence-electron chi connectivity index (χ4n) is 2.74. The highest BCUT2D eigenvalue weighted by Gasteiger charge is 2.16. The standard InChI is InChI=1S/C21H15ClN2OS/c22-15-8-6-14(7-9-15)19-13-21(26)24-18-11-10-17(12-20(18)23-19)25-16-4-2-1-3-5-16/h1-12H,13H2,(H,24,26). The Kier molecular flexibility index (Phi) is 4.69. The van der Waals surface area contributed by atoms with E-state index in [0.717, 1.165) is 39.1 Å². The van der Waals surface area contributed by atoms with Crippen LogP contribution >= 0.6 is 23.8 Å². The van der Waals surface area contributed by atoms with Crippen molar-refractivity contribution in [2.75, 3.05) is 5.32 Å². The maximum absolute atomic E-state index is 6.00. The van der Waals surface area contributed by atoms with E-state index in [1.807, 2.05) is 72.8 Å². The Hall–Kier alpha value is -2.69. The molecule has 0 atom stereocenters. The molecule has 0 amide bonds. The molecular weight excluding hydrogens is 364 g/mol. The molecule has 5 heteroatoms. The SMILES string of the molecule is S=C1CC(c2ccc(Cl)cc2)=Nc2cc(Oc3ccccc3)ccc2N1. The van der Waals surface area contributed by atoms with Gasteiger partial charge in [-0.25, -0.2) is 0 Å². The minimum absolute atomic E-state index is 0.570. The van der Waals surface area contributed by atoms with Gasteiger partial charge in [-0.1, -0.05) is 54.2 Å². The summed E-state index contributed by atoms with van der Waals surface area (Å²) in [5.41, 5.74) is 3.57. The number of hydrogen-bond acceptors (Lipinski definition) is 3. The number of benzene rings is 3. The van der Waals surface area contributed by atoms with Crippen LogP contribution < -0.4 is 10.1 Å². The van der Waals surface area contributed by atoms with Crippen LogP contribution in [0.2, 0.25) is 5.02 Å². The third-order valence-electron chi connectivity index (χ3n) is 3.98. The van der Waals surface area contributed by atoms with E-state index in [4.69, 9.17) is 33.5 Å². The van der Waals surface area contributed by atoms with Crippen molar-refractivity contribution in [2.24, 2.45) is 4.99 Å². The molecular formula is C21H15ClN2OS. The number of ether oxygens (including phenoxy) is 1. The molecule has 0 aromatic heterocycles. The summed E-state index contributed by atoms with van der Waals surface area (Å²) >= 11 is 11.5. The van der Waals surface area contributed by atoms with E-state index in [-0.39, 0.29) is 0 Å². The number of thiocarbonyl (C=S) groups is 1. The number of aliphatic imine (C=N–C) groups is 1. The second kappa shape index (κ2) is 7.28. The first-order chi connectivity index (χ1) is 12.7. The third-order valence-corrected chi connectivity index (χ3v) is 4.48. The molecule has 0 radical (unpaired) electrons. The highest BCUT2D eigenvalue weighted by molar-refractivity contribution is 7.80. The second-order valence-electron chi connectivity index (χ2n) is 5.88. The first kappa shape index (κ1) is 16.8. The molecule has 0 fully saturated rings. The number of fused-ring (bicyclic) bond motifs is 1. The van der Waals surface area contributed by atoms with Crippen LogP contribution in [-0.2, 0) is 0 Å². The number of nitrogens with zero attached hydrogens (tertiary/aromatic N) is 1. The molecule has 0 bridgehead atoms. The van der Waals surface area contributed by atoms with Crippen LogP contribution in [0.3, 0.4) is 0 Å². The van der Waals surface area contributed by atoms with E-state index in [2.05, 4.69) is 5.32 Å². The van der Waals surface area contributed by atoms with Crippen molar-refractivity contribution in [1.82, 2.24) is 0 Å². The van der Waals surface area contributed by atoms with Crippen molar-refractivity contribution in [3.63, 3.8) is 0 Å². The van der Waals surface area contributed by atoms with E-state index in [0.29, 0.717) is 11.4 Å². The molecule has 0 saturated heterocycles. The average Bonchev–Trinajstić information content (AvgIpc) is 2.81. The minimum Gasteiger partial charge on any atom is -0.457 e. The lowest BCUT2D eigenvalue weighted by Gasteiger charge is -2.09. The fourth-order valence-corrected chi connectivity index (χ4v) is 3.11. The molecule has 1 heterocycles. The van der Waals surface area contributed by atoms with Crippen molar-refractivity contribution in [3.05, 3.63) is 83.4 Å². The first-order valence-corrected chi connectivity index (χ1v) is 8.96. The van der Waals surface area contributed by atoms with Crippen molar-refractivity contribution in [2.45, 2.75) is 6.42 Å². The lowest BCUT2D eigenvalue weighted by molar-refractivity contribution is 0.483. The number of anilines is 1. The van der Waals surface area contributed by atoms with Gasteiger partial charge in [0.2, 0.25) is 0 Å². The summed E-state index contributed by atoms with van der Waals surface area (Å²) in [5, 5.41) is 3.96. The van der Waals surface area contributed by atoms with Gasteiger partial charge in [0, 0.05) is 17.5 Å². The van der Waals surface area contributed by atoms with Crippen LogP contribution in [0, 0.1) is 0 Å². The van der Waals surface area contributed by atoms with Gasteiger partial charge in [0.15, 0.2) is 0 Å². The van der Waals surface area contributed by atoms with Gasteiger partial charge in [0.1, 0.15) is 11.5 Å². The third kappa shape index (κ3) is 3.77. The van der Waals surface area contributed by atoms with E-state index in [9.17, 15) is 0 Å². The lowest BCUT2D eigenvalue weighted by atomic mass is 10.1. The molecule has 3 aromatic rings. The monoisotopic (exact) mass is 378 g/mol. The number of hydrogen-bond donors (Lipinski definition) is 1. The summed E-state index contributed by atoms with van der Waals surface area (Å²) in [7, 11) is 0. The zero-order valence-corrected chi connectivity index (χ0v) is 15.3. The maximum atomic E-state index is 6.00. The van der Waals surface area contributed by atoms with Gasteiger partial charge in [0.25, 0.3) is 0 Å². The predicted molar refractivity (Wildman–Crippen MR) is 111 cm³/mol. The van der Waals surface area contributed by atoms with E-state index in [1.165, 1.54) is 0 Å². The topological polar surface area (TPSA) is 33.6 Å². The van der Waals surface area contributed by atoms with Gasteiger partial charge < -0.3 is 10.1 Å². The number of rotatable bonds is 3. The fraction of sp³-hybridized carbons (Fsp3) is 0.0476. The molecule has 128 valence electrons. The highest BCUT2D eigenvalue weighted by atomic mass is 35.5. The quantitative estimate of drug-likeness (QED) is 0.535. The Morgan fingerprint density at radius 2 is 1.69 bits per heavy atom. The molecule has 1 N–H and O–H groups in total. The van der Waals surface area contributed by atoms with Crippen molar-refractivity contribution < 1.29 is 4.74 Å². The van der Waals surface area contributed by atoms with Crippen LogP contribution in [0.25, 0.3) is 0 Å². The smallest absolute Gasteiger partial charge is 0.129 e. The molecule has 0 spiro atoms. The molecule has 0 unspecified atom stereocenters. The summed E-state index contributed by atoms with van der Waals surface area (Å²) in [6, 6.07) is 23.1. The highest BCUT2D eigenvalue weighted by Crippen LogP contribution is 2.34. The van der Waals surface area contributed by atoms with Gasteiger partial charge >= 0.3 is 0 Å². The number of halogens is 1. The first-order valence-electron chi connectivity index (χ1n) is 8.18. The molecule has 3 aromatic carbocycles. The van der Waals surface area contributed by atoms with Gasteiger partial charge in [-0.05, 0) is 42.0 Å². The van der Waals surface area contributed by atoms with Crippen molar-refractivity contribution >= 4 is 45.9 Å². The Bertz CT molecular complexity index is 985. The maximum Gasteiger partial charge on any atom is 0.129 e. The van der Waals surface area contributed by atoms with Gasteiger partial charge in [0.05, 0.1) is 22.1 Å². The second-order valence-corrected chi connectivity index (χ2v) is 6.81. The average molecular weight is 379 g/mol. The Morgan fingerprint density at radius 1 is 0.923 bits per heavy atom. The number of nitrogens with one attached hydrogen (secondary N) is 1. The Balaban J connectivity index is 1.71. The summed E-state index contributed by atoms with van der Waals surface area (Å²) in [6.45, 7) is 0. The molecule has 0 aliphatic carbocycles. The molecule has 0 saturated carbocycles. The summed E-state index contributed by atoms with van der Waals surface area (Å²) in [5.74, 6) is 1.51. The zero-order valence-electron chi connectivity index (χ0n) is 13.8. The van der Waals surface area contributed by atoms with Crippen LogP contribution in [0.5, 0.6) is 11.5 Å². The minimum atomic E-state index is 0.570. The van der Waals surface area contributed by atoms with E-state index in [1.54, 1.807) is 0 Å². The van der Waals surface area contributed by atoms with Crippen LogP contribution in [-0.4, -0.2) is 10.7 Å². The summed E-state index contributed by atoms with van der Waals surface area (Å²) in [6.07, 6.45) is 0.570. The Morgan fingerprint density at radius 3 is 2.46 bits per heavy atom. The molecule has 1 aliphatic heterocycles. The predicted octanol–water partition coefficient (Wildman–Crippen LogP) is 6.40. The number of para-hydroxylation sites is 1. The van der Waals surface area contributed by atoms with Gasteiger partial charge in [-0.2, -0.15) is 0 Å². The van der Waals surface area contributed by atoms with Crippen LogP contribution in [0.1, 0.15) is 12.0 Å². The van der Waals surface area contributed by atoms with Crippen molar-refractivity contribution in [1.29, 1.82) is 0 Å². The Labute approximate surface area is 162 Å².